The third-order valence-electron chi connectivity index (χ3n) is 4.56. The zero-order chi connectivity index (χ0) is 19.7. The number of hydrogen-bond donors (Lipinski definition) is 2. The van der Waals surface area contributed by atoms with E-state index in [1.807, 2.05) is 19.1 Å². The molecule has 0 spiro atoms. The van der Waals surface area contributed by atoms with Crippen LogP contribution in [-0.4, -0.2) is 25.3 Å². The minimum Gasteiger partial charge on any atom is -0.461 e. The monoisotopic (exact) mass is 406 g/mol. The molecule has 0 aliphatic carbocycles. The molecule has 28 heavy (non-hydrogen) atoms. The largest absolute Gasteiger partial charge is 0.461 e. The summed E-state index contributed by atoms with van der Waals surface area (Å²) in [6, 6.07) is 11.2. The first-order valence-electron chi connectivity index (χ1n) is 8.59. The minimum atomic E-state index is -0.914. The summed E-state index contributed by atoms with van der Waals surface area (Å²) in [7, 11) is 0. The van der Waals surface area contributed by atoms with Crippen LogP contribution in [0.5, 0.6) is 0 Å². The lowest BCUT2D eigenvalue weighted by Crippen LogP contribution is -2.41. The Morgan fingerprint density at radius 3 is 2.54 bits per heavy atom. The Kier molecular flexibility index (Phi) is 4.80. The second-order valence-electron chi connectivity index (χ2n) is 6.67. The highest BCUT2D eigenvalue weighted by Gasteiger charge is 2.34. The summed E-state index contributed by atoms with van der Waals surface area (Å²) in [5, 5.41) is 0.655. The lowest BCUT2D eigenvalue weighted by atomic mass is 9.94. The predicted octanol–water partition coefficient (Wildman–Crippen LogP) is 3.44. The van der Waals surface area contributed by atoms with Crippen LogP contribution < -0.4 is 10.9 Å². The molecular weight excluding hydrogens is 390 g/mol. The summed E-state index contributed by atoms with van der Waals surface area (Å²) < 4.78 is 37.5. The van der Waals surface area contributed by atoms with Gasteiger partial charge in [0, 0.05) is 5.02 Å². The first kappa shape index (κ1) is 18.5. The highest BCUT2D eigenvalue weighted by molar-refractivity contribution is 6.30. The maximum Gasteiger partial charge on any atom is 0.305 e. The van der Waals surface area contributed by atoms with Gasteiger partial charge in [-0.15, -0.1) is 0 Å². The number of aliphatic imine (C=N–C) groups is 2. The molecule has 0 amide bonds. The van der Waals surface area contributed by atoms with Crippen LogP contribution in [-0.2, 0) is 15.0 Å². The van der Waals surface area contributed by atoms with Crippen LogP contribution in [0.15, 0.2) is 52.4 Å². The van der Waals surface area contributed by atoms with E-state index in [0.717, 1.165) is 17.7 Å². The van der Waals surface area contributed by atoms with Crippen LogP contribution in [0.3, 0.4) is 0 Å². The Balaban J connectivity index is 1.39. The quantitative estimate of drug-likeness (QED) is 0.750. The molecule has 2 aromatic carbocycles. The summed E-state index contributed by atoms with van der Waals surface area (Å²) in [5.41, 5.74) is 6.56. The van der Waals surface area contributed by atoms with Crippen molar-refractivity contribution in [1.82, 2.24) is 10.9 Å². The fourth-order valence-corrected chi connectivity index (χ4v) is 3.08. The summed E-state index contributed by atoms with van der Waals surface area (Å²) in [5.74, 6) is -1.81. The SMILES string of the molecule is CC1(c2ccc(Cl)cc2)COC(NNC2=NC(c3ccc(F)c(F)c3)CO2)=N1. The third kappa shape index (κ3) is 3.73. The number of halogens is 3. The molecule has 2 unspecified atom stereocenters. The molecule has 0 saturated carbocycles. The molecule has 2 heterocycles. The van der Waals surface area contributed by atoms with Crippen LogP contribution in [0.25, 0.3) is 0 Å². The molecule has 2 atom stereocenters. The zero-order valence-electron chi connectivity index (χ0n) is 14.9. The van der Waals surface area contributed by atoms with E-state index in [1.165, 1.54) is 6.07 Å². The third-order valence-corrected chi connectivity index (χ3v) is 4.81. The molecule has 2 aromatic rings. The van der Waals surface area contributed by atoms with Gasteiger partial charge in [-0.25, -0.2) is 29.6 Å². The van der Waals surface area contributed by atoms with Crippen molar-refractivity contribution < 1.29 is 18.3 Å². The van der Waals surface area contributed by atoms with Crippen molar-refractivity contribution in [2.45, 2.75) is 18.5 Å². The van der Waals surface area contributed by atoms with Crippen molar-refractivity contribution in [2.75, 3.05) is 13.2 Å². The molecule has 2 N–H and O–H groups in total. The molecule has 0 fully saturated rings. The van der Waals surface area contributed by atoms with Gasteiger partial charge in [-0.2, -0.15) is 0 Å². The number of rotatable bonds is 2. The Bertz CT molecular complexity index is 951. The molecule has 0 aromatic heterocycles. The van der Waals surface area contributed by atoms with Gasteiger partial charge in [0.05, 0.1) is 0 Å². The van der Waals surface area contributed by atoms with Crippen LogP contribution in [0, 0.1) is 11.6 Å². The van der Waals surface area contributed by atoms with Crippen molar-refractivity contribution in [3.05, 3.63) is 70.2 Å². The molecule has 4 rings (SSSR count). The second kappa shape index (κ2) is 7.27. The van der Waals surface area contributed by atoms with Crippen molar-refractivity contribution >= 4 is 23.6 Å². The normalized spacial score (nSPS) is 23.5. The Morgan fingerprint density at radius 2 is 1.79 bits per heavy atom. The van der Waals surface area contributed by atoms with E-state index >= 15 is 0 Å². The van der Waals surface area contributed by atoms with Gasteiger partial charge < -0.3 is 9.47 Å². The van der Waals surface area contributed by atoms with Crippen molar-refractivity contribution in [3.8, 4) is 0 Å². The highest BCUT2D eigenvalue weighted by atomic mass is 35.5. The molecule has 146 valence electrons. The average Bonchev–Trinajstić information content (AvgIpc) is 3.30. The average molecular weight is 407 g/mol. The van der Waals surface area contributed by atoms with E-state index in [0.29, 0.717) is 23.2 Å². The highest BCUT2D eigenvalue weighted by Crippen LogP contribution is 2.30. The van der Waals surface area contributed by atoms with Gasteiger partial charge in [0.25, 0.3) is 0 Å². The van der Waals surface area contributed by atoms with Crippen LogP contribution >= 0.6 is 11.6 Å². The maximum absolute atomic E-state index is 13.4. The first-order chi connectivity index (χ1) is 13.4. The summed E-state index contributed by atoms with van der Waals surface area (Å²) >= 11 is 5.93. The van der Waals surface area contributed by atoms with E-state index in [9.17, 15) is 8.78 Å². The minimum absolute atomic E-state index is 0.209. The molecule has 9 heteroatoms. The van der Waals surface area contributed by atoms with E-state index in [1.54, 1.807) is 12.1 Å². The number of nitrogens with one attached hydrogen (secondary N) is 2. The molecule has 2 aliphatic heterocycles. The Hall–Kier alpha value is -2.87. The van der Waals surface area contributed by atoms with Crippen LogP contribution in [0.2, 0.25) is 5.02 Å². The zero-order valence-corrected chi connectivity index (χ0v) is 15.6. The van der Waals surface area contributed by atoms with Gasteiger partial charge >= 0.3 is 12.0 Å². The second-order valence-corrected chi connectivity index (χ2v) is 7.11. The molecule has 0 radical (unpaired) electrons. The van der Waals surface area contributed by atoms with Gasteiger partial charge in [-0.3, -0.25) is 0 Å². The summed E-state index contributed by atoms with van der Waals surface area (Å²) in [6.45, 7) is 2.53. The van der Waals surface area contributed by atoms with Gasteiger partial charge in [0.15, 0.2) is 11.6 Å². The fourth-order valence-electron chi connectivity index (χ4n) is 2.96. The van der Waals surface area contributed by atoms with E-state index in [-0.39, 0.29) is 12.6 Å². The molecule has 0 bridgehead atoms. The molecule has 0 saturated heterocycles. The first-order valence-corrected chi connectivity index (χ1v) is 8.97. The predicted molar refractivity (Wildman–Crippen MR) is 101 cm³/mol. The molecule has 2 aliphatic rings. The van der Waals surface area contributed by atoms with Crippen molar-refractivity contribution in [2.24, 2.45) is 9.98 Å². The lowest BCUT2D eigenvalue weighted by molar-refractivity contribution is 0.257. The van der Waals surface area contributed by atoms with Crippen LogP contribution in [0.4, 0.5) is 8.78 Å². The summed E-state index contributed by atoms with van der Waals surface area (Å²) in [4.78, 5) is 8.86. The fraction of sp³-hybridized carbons (Fsp3) is 0.263. The molecular formula is C19H17ClF2N4O2. The Labute approximate surface area is 165 Å². The lowest BCUT2D eigenvalue weighted by Gasteiger charge is -2.18. The standard InChI is InChI=1S/C19H17ClF2N4O2/c1-19(12-3-5-13(20)6-4-12)10-28-18(24-19)26-25-17-23-16(9-27-17)11-2-7-14(21)15(22)8-11/h2-8,16H,9-10H2,1H3,(H,23,25)(H,24,26). The van der Waals surface area contributed by atoms with E-state index in [4.69, 9.17) is 21.1 Å². The van der Waals surface area contributed by atoms with Gasteiger partial charge in [0.1, 0.15) is 24.8 Å². The topological polar surface area (TPSA) is 67.2 Å². The number of amidine groups is 2. The molecule has 6 nitrogen and oxygen atoms in total. The summed E-state index contributed by atoms with van der Waals surface area (Å²) in [6.07, 6.45) is 0. The number of hydrazine groups is 1. The van der Waals surface area contributed by atoms with E-state index in [2.05, 4.69) is 20.8 Å². The maximum atomic E-state index is 13.4. The Morgan fingerprint density at radius 1 is 1.04 bits per heavy atom. The number of ether oxygens (including phenoxy) is 2. The van der Waals surface area contributed by atoms with Gasteiger partial charge in [0.2, 0.25) is 0 Å². The van der Waals surface area contributed by atoms with Crippen LogP contribution in [0.1, 0.15) is 24.1 Å². The van der Waals surface area contributed by atoms with Gasteiger partial charge in [-0.05, 0) is 42.3 Å². The number of nitrogens with zero attached hydrogens (tertiary/aromatic N) is 2. The van der Waals surface area contributed by atoms with Crippen molar-refractivity contribution in [3.63, 3.8) is 0 Å². The van der Waals surface area contributed by atoms with Gasteiger partial charge in [-0.1, -0.05) is 29.8 Å². The van der Waals surface area contributed by atoms with Crippen molar-refractivity contribution in [1.29, 1.82) is 0 Å². The smallest absolute Gasteiger partial charge is 0.305 e. The number of hydrogen-bond acceptors (Lipinski definition) is 6. The number of benzene rings is 2. The van der Waals surface area contributed by atoms with E-state index < -0.39 is 23.2 Å².